The van der Waals surface area contributed by atoms with Crippen molar-refractivity contribution in [2.75, 3.05) is 38.3 Å². The Hall–Kier alpha value is -1.33. The molecule has 1 aliphatic heterocycles. The van der Waals surface area contributed by atoms with Crippen molar-refractivity contribution in [3.8, 4) is 5.75 Å². The Morgan fingerprint density at radius 2 is 2.21 bits per heavy atom. The quantitative estimate of drug-likeness (QED) is 0.788. The summed E-state index contributed by atoms with van der Waals surface area (Å²) < 4.78 is 11.2. The number of hydrogen-bond donors (Lipinski definition) is 1. The number of piperidine rings is 1. The first-order valence-corrected chi connectivity index (χ1v) is 6.90. The molecule has 5 nitrogen and oxygen atoms in total. The van der Waals surface area contributed by atoms with E-state index in [0.717, 1.165) is 50.5 Å². The van der Waals surface area contributed by atoms with E-state index in [1.807, 2.05) is 18.3 Å². The van der Waals surface area contributed by atoms with Crippen LogP contribution in [0.15, 0.2) is 18.3 Å². The Balaban J connectivity index is 1.85. The summed E-state index contributed by atoms with van der Waals surface area (Å²) in [5.41, 5.74) is 5.46. The number of nitrogens with zero attached hydrogens (tertiary/aromatic N) is 2. The minimum atomic E-state index is 0.359. The molecule has 0 aromatic carbocycles. The maximum atomic E-state index is 5.81. The molecule has 2 heterocycles. The molecule has 0 saturated carbocycles. The van der Waals surface area contributed by atoms with Gasteiger partial charge in [-0.25, -0.2) is 4.98 Å². The first-order valence-electron chi connectivity index (χ1n) is 6.90. The van der Waals surface area contributed by atoms with Crippen LogP contribution in [0.3, 0.4) is 0 Å². The van der Waals surface area contributed by atoms with E-state index in [1.54, 1.807) is 7.11 Å². The van der Waals surface area contributed by atoms with E-state index < -0.39 is 0 Å². The van der Waals surface area contributed by atoms with Crippen molar-refractivity contribution >= 4 is 5.82 Å². The minimum Gasteiger partial charge on any atom is -0.493 e. The molecule has 19 heavy (non-hydrogen) atoms. The smallest absolute Gasteiger partial charge is 0.171 e. The standard InChI is InChI=1S/C14H23N3O2/c1-18-13-4-2-8-16-14(13)17-9-5-12(6-10-17)19-11-3-7-15/h2,4,8,12H,3,5-7,9-11,15H2,1H3. The Morgan fingerprint density at radius 3 is 2.89 bits per heavy atom. The first kappa shape index (κ1) is 14.1. The van der Waals surface area contributed by atoms with Gasteiger partial charge in [-0.2, -0.15) is 0 Å². The van der Waals surface area contributed by atoms with Crippen LogP contribution in [0, 0.1) is 0 Å². The predicted octanol–water partition coefficient (Wildman–Crippen LogP) is 1.42. The molecular weight excluding hydrogens is 242 g/mol. The largest absolute Gasteiger partial charge is 0.493 e. The summed E-state index contributed by atoms with van der Waals surface area (Å²) in [5, 5.41) is 0. The molecule has 2 N–H and O–H groups in total. The minimum absolute atomic E-state index is 0.359. The molecule has 2 rings (SSSR count). The molecule has 0 radical (unpaired) electrons. The summed E-state index contributed by atoms with van der Waals surface area (Å²) in [6.45, 7) is 3.39. The molecule has 0 spiro atoms. The van der Waals surface area contributed by atoms with Crippen molar-refractivity contribution in [3.05, 3.63) is 18.3 Å². The van der Waals surface area contributed by atoms with Crippen LogP contribution in [0.4, 0.5) is 5.82 Å². The molecule has 0 bridgehead atoms. The van der Waals surface area contributed by atoms with Crippen LogP contribution in [-0.2, 0) is 4.74 Å². The van der Waals surface area contributed by atoms with E-state index >= 15 is 0 Å². The highest BCUT2D eigenvalue weighted by Gasteiger charge is 2.22. The van der Waals surface area contributed by atoms with Gasteiger partial charge >= 0.3 is 0 Å². The fourth-order valence-corrected chi connectivity index (χ4v) is 2.35. The monoisotopic (exact) mass is 265 g/mol. The molecule has 0 amide bonds. The van der Waals surface area contributed by atoms with E-state index in [-0.39, 0.29) is 0 Å². The van der Waals surface area contributed by atoms with Crippen molar-refractivity contribution in [1.29, 1.82) is 0 Å². The van der Waals surface area contributed by atoms with Gasteiger partial charge in [0.1, 0.15) is 0 Å². The Labute approximate surface area is 114 Å². The first-order chi connectivity index (χ1) is 9.35. The highest BCUT2D eigenvalue weighted by molar-refractivity contribution is 5.52. The second-order valence-electron chi connectivity index (χ2n) is 4.73. The van der Waals surface area contributed by atoms with Gasteiger partial charge in [-0.3, -0.25) is 0 Å². The zero-order valence-electron chi connectivity index (χ0n) is 11.5. The normalized spacial score (nSPS) is 16.6. The van der Waals surface area contributed by atoms with E-state index in [2.05, 4.69) is 9.88 Å². The lowest BCUT2D eigenvalue weighted by Gasteiger charge is -2.33. The van der Waals surface area contributed by atoms with Gasteiger partial charge in [0, 0.05) is 25.9 Å². The van der Waals surface area contributed by atoms with Gasteiger partial charge in [0.2, 0.25) is 0 Å². The fourth-order valence-electron chi connectivity index (χ4n) is 2.35. The van der Waals surface area contributed by atoms with Crippen molar-refractivity contribution in [2.45, 2.75) is 25.4 Å². The zero-order chi connectivity index (χ0) is 13.5. The SMILES string of the molecule is COc1cccnc1N1CCC(OCCCN)CC1. The zero-order valence-corrected chi connectivity index (χ0v) is 11.5. The number of ether oxygens (including phenoxy) is 2. The van der Waals surface area contributed by atoms with Gasteiger partial charge in [-0.05, 0) is 37.9 Å². The third-order valence-electron chi connectivity index (χ3n) is 3.41. The van der Waals surface area contributed by atoms with Gasteiger partial charge in [-0.1, -0.05) is 0 Å². The van der Waals surface area contributed by atoms with Crippen LogP contribution in [0.25, 0.3) is 0 Å². The van der Waals surface area contributed by atoms with Crippen LogP contribution in [0.5, 0.6) is 5.75 Å². The van der Waals surface area contributed by atoms with Crippen LogP contribution < -0.4 is 15.4 Å². The maximum Gasteiger partial charge on any atom is 0.171 e. The number of hydrogen-bond acceptors (Lipinski definition) is 5. The van der Waals surface area contributed by atoms with E-state index in [9.17, 15) is 0 Å². The summed E-state index contributed by atoms with van der Waals surface area (Å²) in [6, 6.07) is 3.84. The third kappa shape index (κ3) is 3.81. The lowest BCUT2D eigenvalue weighted by molar-refractivity contribution is 0.0365. The van der Waals surface area contributed by atoms with Crippen LogP contribution in [0.1, 0.15) is 19.3 Å². The molecule has 5 heteroatoms. The maximum absolute atomic E-state index is 5.81. The van der Waals surface area contributed by atoms with Gasteiger partial charge in [0.05, 0.1) is 13.2 Å². The van der Waals surface area contributed by atoms with Gasteiger partial charge in [0.25, 0.3) is 0 Å². The lowest BCUT2D eigenvalue weighted by atomic mass is 10.1. The molecular formula is C14H23N3O2. The van der Waals surface area contributed by atoms with Crippen molar-refractivity contribution in [1.82, 2.24) is 4.98 Å². The second kappa shape index (κ2) is 7.31. The molecule has 0 atom stereocenters. The Bertz CT molecular complexity index is 379. The highest BCUT2D eigenvalue weighted by atomic mass is 16.5. The van der Waals surface area contributed by atoms with E-state index in [0.29, 0.717) is 12.6 Å². The lowest BCUT2D eigenvalue weighted by Crippen LogP contribution is -2.37. The molecule has 0 unspecified atom stereocenters. The topological polar surface area (TPSA) is 60.6 Å². The molecule has 1 aliphatic rings. The average Bonchev–Trinajstić information content (AvgIpc) is 2.48. The Kier molecular flexibility index (Phi) is 5.42. The number of pyridine rings is 1. The molecule has 1 saturated heterocycles. The van der Waals surface area contributed by atoms with E-state index in [4.69, 9.17) is 15.2 Å². The van der Waals surface area contributed by atoms with Gasteiger partial charge < -0.3 is 20.1 Å². The van der Waals surface area contributed by atoms with Gasteiger partial charge in [0.15, 0.2) is 11.6 Å². The molecule has 106 valence electrons. The molecule has 1 fully saturated rings. The van der Waals surface area contributed by atoms with Crippen LogP contribution in [-0.4, -0.2) is 44.4 Å². The van der Waals surface area contributed by atoms with Crippen molar-refractivity contribution < 1.29 is 9.47 Å². The average molecular weight is 265 g/mol. The highest BCUT2D eigenvalue weighted by Crippen LogP contribution is 2.27. The van der Waals surface area contributed by atoms with Crippen LogP contribution >= 0.6 is 0 Å². The summed E-state index contributed by atoms with van der Waals surface area (Å²) >= 11 is 0. The van der Waals surface area contributed by atoms with Crippen LogP contribution in [0.2, 0.25) is 0 Å². The number of aromatic nitrogens is 1. The Morgan fingerprint density at radius 1 is 1.42 bits per heavy atom. The second-order valence-corrected chi connectivity index (χ2v) is 4.73. The predicted molar refractivity (Wildman–Crippen MR) is 75.6 cm³/mol. The number of anilines is 1. The van der Waals surface area contributed by atoms with Crippen molar-refractivity contribution in [3.63, 3.8) is 0 Å². The number of methoxy groups -OCH3 is 1. The summed E-state index contributed by atoms with van der Waals surface area (Å²) in [7, 11) is 1.68. The number of nitrogens with two attached hydrogens (primary N) is 1. The number of rotatable bonds is 6. The third-order valence-corrected chi connectivity index (χ3v) is 3.41. The molecule has 1 aromatic rings. The summed E-state index contributed by atoms with van der Waals surface area (Å²) in [6.07, 6.45) is 5.17. The molecule has 1 aromatic heterocycles. The fraction of sp³-hybridized carbons (Fsp3) is 0.643. The van der Waals surface area contributed by atoms with Crippen molar-refractivity contribution in [2.24, 2.45) is 5.73 Å². The summed E-state index contributed by atoms with van der Waals surface area (Å²) in [5.74, 6) is 1.77. The molecule has 0 aliphatic carbocycles. The summed E-state index contributed by atoms with van der Waals surface area (Å²) in [4.78, 5) is 6.68. The van der Waals surface area contributed by atoms with E-state index in [1.165, 1.54) is 0 Å². The van der Waals surface area contributed by atoms with Gasteiger partial charge in [-0.15, -0.1) is 0 Å².